The van der Waals surface area contributed by atoms with E-state index in [9.17, 15) is 4.79 Å². The molecule has 0 saturated carbocycles. The Morgan fingerprint density at radius 2 is 2.17 bits per heavy atom. The fraction of sp³-hybridized carbons (Fsp3) is 0.0833. The van der Waals surface area contributed by atoms with Gasteiger partial charge < -0.3 is 5.73 Å². The van der Waals surface area contributed by atoms with E-state index in [1.54, 1.807) is 17.0 Å². The predicted molar refractivity (Wildman–Crippen MR) is 69.4 cm³/mol. The molecule has 0 aliphatic heterocycles. The zero-order chi connectivity index (χ0) is 12.8. The van der Waals surface area contributed by atoms with Crippen LogP contribution in [0.4, 0.5) is 5.82 Å². The maximum absolute atomic E-state index is 9.99. The Bertz CT molecular complexity index is 547. The first-order chi connectivity index (χ1) is 8.81. The van der Waals surface area contributed by atoms with Crippen LogP contribution in [-0.4, -0.2) is 22.4 Å². The minimum absolute atomic E-state index is 0.505. The van der Waals surface area contributed by atoms with Crippen molar-refractivity contribution < 1.29 is 4.79 Å². The molecule has 1 aromatic carbocycles. The van der Waals surface area contributed by atoms with Crippen LogP contribution in [0.5, 0.6) is 0 Å². The number of amides is 1. The number of carbonyl (C=O) groups is 1. The monoisotopic (exact) mass is 243 g/mol. The number of nitrogens with zero attached hydrogens (tertiary/aromatic N) is 3. The molecule has 2 aromatic rings. The average molecular weight is 243 g/mol. The molecule has 0 fully saturated rings. The maximum atomic E-state index is 9.99. The summed E-state index contributed by atoms with van der Waals surface area (Å²) in [4.78, 5) is 9.99. The second-order valence-electron chi connectivity index (χ2n) is 3.57. The van der Waals surface area contributed by atoms with E-state index in [1.165, 1.54) is 0 Å². The van der Waals surface area contributed by atoms with Crippen LogP contribution in [0, 0.1) is 0 Å². The van der Waals surface area contributed by atoms with Gasteiger partial charge in [0.05, 0.1) is 11.4 Å². The second kappa shape index (κ2) is 5.62. The van der Waals surface area contributed by atoms with Crippen LogP contribution < -0.4 is 11.2 Å². The summed E-state index contributed by atoms with van der Waals surface area (Å²) in [7, 11) is 0. The van der Waals surface area contributed by atoms with E-state index in [4.69, 9.17) is 5.73 Å². The molecule has 18 heavy (non-hydrogen) atoms. The van der Waals surface area contributed by atoms with E-state index in [-0.39, 0.29) is 0 Å². The largest absolute Gasteiger partial charge is 0.384 e. The summed E-state index contributed by atoms with van der Waals surface area (Å²) in [6, 6.07) is 11.4. The Morgan fingerprint density at radius 1 is 1.39 bits per heavy atom. The smallest absolute Gasteiger partial charge is 0.227 e. The number of para-hydroxylation sites is 1. The van der Waals surface area contributed by atoms with Crippen molar-refractivity contribution >= 4 is 18.4 Å². The molecule has 0 saturated heterocycles. The van der Waals surface area contributed by atoms with E-state index in [1.807, 2.05) is 30.3 Å². The molecule has 92 valence electrons. The van der Waals surface area contributed by atoms with Gasteiger partial charge in [0, 0.05) is 18.7 Å². The zero-order valence-electron chi connectivity index (χ0n) is 9.65. The van der Waals surface area contributed by atoms with Gasteiger partial charge in [-0.3, -0.25) is 10.2 Å². The lowest BCUT2D eigenvalue weighted by Gasteiger charge is -2.02. The van der Waals surface area contributed by atoms with Gasteiger partial charge >= 0.3 is 0 Å². The molecule has 1 heterocycles. The Hall–Kier alpha value is -2.63. The van der Waals surface area contributed by atoms with Gasteiger partial charge in [0.25, 0.3) is 0 Å². The highest BCUT2D eigenvalue weighted by Crippen LogP contribution is 2.13. The summed E-state index contributed by atoms with van der Waals surface area (Å²) < 4.78 is 1.66. The Balaban J connectivity index is 2.15. The molecule has 1 amide bonds. The van der Waals surface area contributed by atoms with Crippen LogP contribution in [0.25, 0.3) is 5.69 Å². The SMILES string of the molecule is Nc1cc(CC=NNC=O)nn1-c1ccccc1. The van der Waals surface area contributed by atoms with Gasteiger partial charge in [0.2, 0.25) is 6.41 Å². The molecule has 0 spiro atoms. The summed E-state index contributed by atoms with van der Waals surface area (Å²) >= 11 is 0. The van der Waals surface area contributed by atoms with Crippen molar-refractivity contribution in [3.8, 4) is 5.69 Å². The van der Waals surface area contributed by atoms with E-state index < -0.39 is 0 Å². The number of nitrogen functional groups attached to an aromatic ring is 1. The number of hydrogen-bond acceptors (Lipinski definition) is 4. The number of benzene rings is 1. The van der Waals surface area contributed by atoms with Gasteiger partial charge in [0.1, 0.15) is 5.82 Å². The number of rotatable bonds is 5. The number of hydrazone groups is 1. The number of nitrogens with two attached hydrogens (primary N) is 1. The molecule has 6 heteroatoms. The van der Waals surface area contributed by atoms with Gasteiger partial charge in [-0.15, -0.1) is 0 Å². The summed E-state index contributed by atoms with van der Waals surface area (Å²) in [5.74, 6) is 0.563. The third-order valence-corrected chi connectivity index (χ3v) is 2.31. The predicted octanol–water partition coefficient (Wildman–Crippen LogP) is 0.729. The molecule has 1 aromatic heterocycles. The van der Waals surface area contributed by atoms with Gasteiger partial charge in [-0.1, -0.05) is 18.2 Å². The minimum atomic E-state index is 0.505. The summed E-state index contributed by atoms with van der Waals surface area (Å²) in [5.41, 5.74) is 9.77. The molecule has 3 N–H and O–H groups in total. The van der Waals surface area contributed by atoms with Gasteiger partial charge in [0.15, 0.2) is 0 Å². The average Bonchev–Trinajstić information content (AvgIpc) is 2.77. The van der Waals surface area contributed by atoms with Gasteiger partial charge in [-0.05, 0) is 12.1 Å². The summed E-state index contributed by atoms with van der Waals surface area (Å²) in [6.45, 7) is 0. The normalized spacial score (nSPS) is 10.7. The van der Waals surface area contributed by atoms with Crippen molar-refractivity contribution in [1.82, 2.24) is 15.2 Å². The highest BCUT2D eigenvalue weighted by atomic mass is 16.1. The lowest BCUT2D eigenvalue weighted by atomic mass is 10.3. The number of aromatic nitrogens is 2. The van der Waals surface area contributed by atoms with E-state index in [2.05, 4.69) is 15.6 Å². The first-order valence-electron chi connectivity index (χ1n) is 5.42. The summed E-state index contributed by atoms with van der Waals surface area (Å²) in [6.07, 6.45) is 2.57. The molecule has 6 nitrogen and oxygen atoms in total. The van der Waals surface area contributed by atoms with Crippen LogP contribution in [0.1, 0.15) is 5.69 Å². The molecular formula is C12H13N5O. The fourth-order valence-electron chi connectivity index (χ4n) is 1.54. The van der Waals surface area contributed by atoms with E-state index >= 15 is 0 Å². The van der Waals surface area contributed by atoms with Crippen molar-refractivity contribution in [2.24, 2.45) is 5.10 Å². The molecule has 2 rings (SSSR count). The Morgan fingerprint density at radius 3 is 2.89 bits per heavy atom. The lowest BCUT2D eigenvalue weighted by Crippen LogP contribution is -2.03. The summed E-state index contributed by atoms with van der Waals surface area (Å²) in [5, 5.41) is 8.03. The third kappa shape index (κ3) is 2.73. The topological polar surface area (TPSA) is 85.3 Å². The van der Waals surface area contributed by atoms with Gasteiger partial charge in [-0.25, -0.2) is 4.68 Å². The van der Waals surface area contributed by atoms with Crippen LogP contribution in [0.15, 0.2) is 41.5 Å². The maximum Gasteiger partial charge on any atom is 0.227 e. The second-order valence-corrected chi connectivity index (χ2v) is 3.57. The molecule has 0 bridgehead atoms. The molecular weight excluding hydrogens is 230 g/mol. The van der Waals surface area contributed by atoms with E-state index in [0.717, 1.165) is 11.4 Å². The minimum Gasteiger partial charge on any atom is -0.384 e. The first-order valence-corrected chi connectivity index (χ1v) is 5.42. The van der Waals surface area contributed by atoms with Crippen LogP contribution in [-0.2, 0) is 11.2 Å². The standard InChI is InChI=1S/C12H13N5O/c13-12-8-10(6-7-14-15-9-18)16-17(12)11-4-2-1-3-5-11/h1-5,7-9H,6,13H2,(H,15,18). The van der Waals surface area contributed by atoms with E-state index in [0.29, 0.717) is 18.6 Å². The van der Waals surface area contributed by atoms with Crippen molar-refractivity contribution in [2.45, 2.75) is 6.42 Å². The number of hydrogen-bond donors (Lipinski definition) is 2. The van der Waals surface area contributed by atoms with Crippen LogP contribution in [0.3, 0.4) is 0 Å². The Labute approximate surface area is 104 Å². The quantitative estimate of drug-likeness (QED) is 0.461. The molecule has 0 radical (unpaired) electrons. The zero-order valence-corrected chi connectivity index (χ0v) is 9.65. The van der Waals surface area contributed by atoms with Crippen molar-refractivity contribution in [2.75, 3.05) is 5.73 Å². The number of nitrogens with one attached hydrogen (secondary N) is 1. The van der Waals surface area contributed by atoms with Crippen molar-refractivity contribution in [3.63, 3.8) is 0 Å². The Kier molecular flexibility index (Phi) is 3.70. The van der Waals surface area contributed by atoms with Gasteiger partial charge in [-0.2, -0.15) is 10.2 Å². The molecule has 0 aliphatic rings. The molecule has 0 aliphatic carbocycles. The van der Waals surface area contributed by atoms with Crippen molar-refractivity contribution in [1.29, 1.82) is 0 Å². The fourth-order valence-corrected chi connectivity index (χ4v) is 1.54. The van der Waals surface area contributed by atoms with Crippen LogP contribution in [0.2, 0.25) is 0 Å². The van der Waals surface area contributed by atoms with Crippen molar-refractivity contribution in [3.05, 3.63) is 42.1 Å². The molecule has 0 atom stereocenters. The third-order valence-electron chi connectivity index (χ3n) is 2.31. The first kappa shape index (κ1) is 11.8. The molecule has 0 unspecified atom stereocenters. The highest BCUT2D eigenvalue weighted by Gasteiger charge is 2.05. The number of carbonyl (C=O) groups excluding carboxylic acids is 1. The lowest BCUT2D eigenvalue weighted by molar-refractivity contribution is -0.109. The van der Waals surface area contributed by atoms with Crippen LogP contribution >= 0.6 is 0 Å². The number of anilines is 1. The highest BCUT2D eigenvalue weighted by molar-refractivity contribution is 5.62.